The van der Waals surface area contributed by atoms with E-state index in [1.54, 1.807) is 5.57 Å². The van der Waals surface area contributed by atoms with Crippen molar-refractivity contribution in [3.8, 4) is 0 Å². The van der Waals surface area contributed by atoms with E-state index in [1.165, 1.54) is 30.8 Å². The average molecular weight is 212 g/mol. The summed E-state index contributed by atoms with van der Waals surface area (Å²) in [5.41, 5.74) is 1.69. The molecule has 2 heteroatoms. The molecule has 3 aliphatic carbocycles. The van der Waals surface area contributed by atoms with Gasteiger partial charge in [-0.2, -0.15) is 0 Å². The smallest absolute Gasteiger partial charge is 0.0679 e. The van der Waals surface area contributed by atoms with Crippen molar-refractivity contribution in [1.82, 2.24) is 0 Å². The molecule has 72 valence electrons. The van der Waals surface area contributed by atoms with Crippen molar-refractivity contribution in [2.24, 2.45) is 11.8 Å². The van der Waals surface area contributed by atoms with E-state index in [4.69, 9.17) is 0 Å². The summed E-state index contributed by atoms with van der Waals surface area (Å²) in [6.45, 7) is 2.34. The van der Waals surface area contributed by atoms with Gasteiger partial charge >= 0.3 is 0 Å². The van der Waals surface area contributed by atoms with Crippen molar-refractivity contribution >= 4 is 23.5 Å². The second-order valence-corrected chi connectivity index (χ2v) is 7.61. The van der Waals surface area contributed by atoms with Crippen LogP contribution in [0.3, 0.4) is 0 Å². The molecule has 13 heavy (non-hydrogen) atoms. The molecule has 1 saturated heterocycles. The van der Waals surface area contributed by atoms with Crippen molar-refractivity contribution in [1.29, 1.82) is 0 Å². The molecule has 1 aliphatic heterocycles. The Bertz CT molecular complexity index is 251. The summed E-state index contributed by atoms with van der Waals surface area (Å²) in [4.78, 5) is 0. The highest BCUT2D eigenvalue weighted by Gasteiger charge is 2.49. The number of hydrogen-bond acceptors (Lipinski definition) is 2. The fourth-order valence-electron chi connectivity index (χ4n) is 3.05. The number of thioether (sulfide) groups is 2. The minimum atomic E-state index is 0.627. The lowest BCUT2D eigenvalue weighted by atomic mass is 9.71. The SMILES string of the molecule is CC1=C[C@H]2CC[C@@H]1CC21SCCS1. The molecule has 0 nitrogen and oxygen atoms in total. The Labute approximate surface area is 88.9 Å². The third-order valence-electron chi connectivity index (χ3n) is 3.81. The Morgan fingerprint density at radius 3 is 2.62 bits per heavy atom. The summed E-state index contributed by atoms with van der Waals surface area (Å²) < 4.78 is 0.627. The summed E-state index contributed by atoms with van der Waals surface area (Å²) in [5.74, 6) is 4.61. The fraction of sp³-hybridized carbons (Fsp3) is 0.818. The molecule has 2 atom stereocenters. The van der Waals surface area contributed by atoms with Gasteiger partial charge in [-0.1, -0.05) is 11.6 Å². The van der Waals surface area contributed by atoms with Gasteiger partial charge in [0.05, 0.1) is 4.08 Å². The van der Waals surface area contributed by atoms with Crippen molar-refractivity contribution in [3.05, 3.63) is 11.6 Å². The minimum Gasteiger partial charge on any atom is -0.143 e. The molecule has 0 aromatic carbocycles. The second-order valence-electron chi connectivity index (χ2n) is 4.50. The Balaban J connectivity index is 1.95. The van der Waals surface area contributed by atoms with Crippen molar-refractivity contribution in [3.63, 3.8) is 0 Å². The summed E-state index contributed by atoms with van der Waals surface area (Å²) in [6, 6.07) is 0. The first kappa shape index (κ1) is 8.72. The summed E-state index contributed by atoms with van der Waals surface area (Å²) in [6.07, 6.45) is 6.98. The van der Waals surface area contributed by atoms with Crippen LogP contribution in [0.1, 0.15) is 26.2 Å². The van der Waals surface area contributed by atoms with E-state index >= 15 is 0 Å². The maximum atomic E-state index is 2.59. The van der Waals surface area contributed by atoms with Crippen LogP contribution >= 0.6 is 23.5 Å². The van der Waals surface area contributed by atoms with Crippen LogP contribution in [-0.2, 0) is 0 Å². The van der Waals surface area contributed by atoms with Gasteiger partial charge in [-0.25, -0.2) is 0 Å². The summed E-state index contributed by atoms with van der Waals surface area (Å²) >= 11 is 4.50. The molecule has 0 N–H and O–H groups in total. The van der Waals surface area contributed by atoms with Crippen LogP contribution in [0.5, 0.6) is 0 Å². The van der Waals surface area contributed by atoms with Crippen LogP contribution in [0.25, 0.3) is 0 Å². The quantitative estimate of drug-likeness (QED) is 0.563. The highest BCUT2D eigenvalue weighted by Crippen LogP contribution is 2.61. The lowest BCUT2D eigenvalue weighted by Gasteiger charge is -2.47. The Morgan fingerprint density at radius 2 is 2.08 bits per heavy atom. The number of fused-ring (bicyclic) bond motifs is 1. The lowest BCUT2D eigenvalue weighted by molar-refractivity contribution is 0.304. The van der Waals surface area contributed by atoms with Crippen LogP contribution in [0.15, 0.2) is 11.6 Å². The van der Waals surface area contributed by atoms with Gasteiger partial charge < -0.3 is 0 Å². The molecule has 1 spiro atoms. The van der Waals surface area contributed by atoms with E-state index in [0.29, 0.717) is 4.08 Å². The second kappa shape index (κ2) is 2.96. The molecule has 0 amide bonds. The molecule has 4 rings (SSSR count). The predicted octanol–water partition coefficient (Wildman–Crippen LogP) is 3.54. The maximum Gasteiger partial charge on any atom is 0.0679 e. The molecule has 0 radical (unpaired) electrons. The minimum absolute atomic E-state index is 0.627. The third kappa shape index (κ3) is 1.21. The van der Waals surface area contributed by atoms with E-state index in [9.17, 15) is 0 Å². The molecule has 2 fully saturated rings. The summed E-state index contributed by atoms with van der Waals surface area (Å²) in [7, 11) is 0. The maximum absolute atomic E-state index is 2.59. The molecule has 0 unspecified atom stereocenters. The standard InChI is InChI=1S/C11H16S2/c1-8-6-10-3-2-9(8)7-11(10)12-4-5-13-11/h6,9-10H,2-5,7H2,1H3/t9-,10-/m1/s1. The molecular formula is C11H16S2. The number of hydrogen-bond donors (Lipinski definition) is 0. The van der Waals surface area contributed by atoms with Gasteiger partial charge in [-0.3, -0.25) is 0 Å². The number of allylic oxidation sites excluding steroid dienone is 2. The Morgan fingerprint density at radius 1 is 1.31 bits per heavy atom. The van der Waals surface area contributed by atoms with E-state index in [-0.39, 0.29) is 0 Å². The molecule has 0 aromatic rings. The zero-order valence-electron chi connectivity index (χ0n) is 8.08. The van der Waals surface area contributed by atoms with Crippen molar-refractivity contribution in [2.75, 3.05) is 11.5 Å². The van der Waals surface area contributed by atoms with Crippen LogP contribution in [-0.4, -0.2) is 15.6 Å². The zero-order valence-corrected chi connectivity index (χ0v) is 9.72. The van der Waals surface area contributed by atoms with Crippen molar-refractivity contribution < 1.29 is 0 Å². The van der Waals surface area contributed by atoms with Crippen molar-refractivity contribution in [2.45, 2.75) is 30.3 Å². The van der Waals surface area contributed by atoms with Gasteiger partial charge in [0, 0.05) is 17.4 Å². The fourth-order valence-corrected chi connectivity index (χ4v) is 6.68. The highest BCUT2D eigenvalue weighted by atomic mass is 32.2. The molecule has 1 saturated carbocycles. The normalized spacial score (nSPS) is 41.2. The van der Waals surface area contributed by atoms with Gasteiger partial charge in [0.25, 0.3) is 0 Å². The Hall–Kier alpha value is 0.440. The van der Waals surface area contributed by atoms with Crippen LogP contribution in [0.2, 0.25) is 0 Å². The van der Waals surface area contributed by atoms with Crippen LogP contribution in [0, 0.1) is 11.8 Å². The van der Waals surface area contributed by atoms with Crippen LogP contribution < -0.4 is 0 Å². The Kier molecular flexibility index (Phi) is 1.99. The van der Waals surface area contributed by atoms with E-state index < -0.39 is 0 Å². The van der Waals surface area contributed by atoms with Gasteiger partial charge in [0.15, 0.2) is 0 Å². The zero-order chi connectivity index (χ0) is 8.89. The van der Waals surface area contributed by atoms with Gasteiger partial charge in [0.1, 0.15) is 0 Å². The average Bonchev–Trinajstić information content (AvgIpc) is 2.57. The first-order chi connectivity index (χ1) is 6.30. The molecule has 4 aliphatic rings. The number of rotatable bonds is 0. The van der Waals surface area contributed by atoms with E-state index in [2.05, 4.69) is 36.5 Å². The molecule has 1 heterocycles. The molecular weight excluding hydrogens is 196 g/mol. The highest BCUT2D eigenvalue weighted by molar-refractivity contribution is 8.21. The molecule has 2 bridgehead atoms. The summed E-state index contributed by atoms with van der Waals surface area (Å²) in [5, 5.41) is 0. The van der Waals surface area contributed by atoms with E-state index in [1.807, 2.05) is 0 Å². The topological polar surface area (TPSA) is 0 Å². The monoisotopic (exact) mass is 212 g/mol. The first-order valence-electron chi connectivity index (χ1n) is 5.26. The first-order valence-corrected chi connectivity index (χ1v) is 7.23. The lowest BCUT2D eigenvalue weighted by Crippen LogP contribution is -2.39. The van der Waals surface area contributed by atoms with Gasteiger partial charge in [-0.05, 0) is 32.1 Å². The van der Waals surface area contributed by atoms with Gasteiger partial charge in [-0.15, -0.1) is 23.5 Å². The van der Waals surface area contributed by atoms with Gasteiger partial charge in [0.2, 0.25) is 0 Å². The van der Waals surface area contributed by atoms with E-state index in [0.717, 1.165) is 11.8 Å². The molecule has 0 aromatic heterocycles. The predicted molar refractivity (Wildman–Crippen MR) is 62.2 cm³/mol. The third-order valence-corrected chi connectivity index (χ3v) is 7.50. The largest absolute Gasteiger partial charge is 0.143 e. The van der Waals surface area contributed by atoms with Crippen LogP contribution in [0.4, 0.5) is 0 Å².